The van der Waals surface area contributed by atoms with Gasteiger partial charge in [0.05, 0.1) is 52.2 Å². The van der Waals surface area contributed by atoms with E-state index in [0.29, 0.717) is 91.5 Å². The van der Waals surface area contributed by atoms with Crippen LogP contribution in [-0.4, -0.2) is 107 Å². The van der Waals surface area contributed by atoms with Crippen molar-refractivity contribution in [2.75, 3.05) is 55.2 Å². The van der Waals surface area contributed by atoms with Crippen molar-refractivity contribution in [2.24, 2.45) is 17.6 Å². The number of aromatic nitrogens is 2. The molecule has 0 aliphatic heterocycles. The summed E-state index contributed by atoms with van der Waals surface area (Å²) in [5, 5.41) is 14.8. The number of nitrogens with zero attached hydrogens (tertiary/aromatic N) is 1. The van der Waals surface area contributed by atoms with Crippen molar-refractivity contribution in [1.29, 1.82) is 0 Å². The molecule has 4 amide bonds. The second-order valence-electron chi connectivity index (χ2n) is 21.7. The molecule has 10 rings (SSSR count). The molecule has 472 valence electrons. The van der Waals surface area contributed by atoms with Gasteiger partial charge in [-0.3, -0.25) is 55.1 Å². The van der Waals surface area contributed by atoms with Crippen LogP contribution in [0.2, 0.25) is 0 Å². The minimum Gasteiger partial charge on any atom is -0.496 e. The van der Waals surface area contributed by atoms with Gasteiger partial charge in [-0.25, -0.2) is 0 Å². The highest BCUT2D eigenvalue weighted by atomic mass is 16.5. The number of hydrogen-bond donors (Lipinski definition) is 7. The van der Waals surface area contributed by atoms with E-state index in [1.165, 1.54) is 26.9 Å². The summed E-state index contributed by atoms with van der Waals surface area (Å²) in [6.45, 7) is 7.22. The molecule has 2 saturated carbocycles. The van der Waals surface area contributed by atoms with Gasteiger partial charge in [0.25, 0.3) is 23.3 Å². The molecule has 21 heteroatoms. The molecule has 6 aromatic carbocycles. The number of nitrogens with one attached hydrogen (secondary N) is 5. The zero-order chi connectivity index (χ0) is 65.1. The van der Waals surface area contributed by atoms with Crippen LogP contribution in [0, 0.1) is 12.5 Å². The lowest BCUT2D eigenvalue weighted by atomic mass is 9.65. The first-order chi connectivity index (χ1) is 43.6. The van der Waals surface area contributed by atoms with E-state index in [1.807, 2.05) is 91.0 Å². The molecule has 3 aliphatic carbocycles. The van der Waals surface area contributed by atoms with E-state index in [9.17, 15) is 38.4 Å². The Kier molecular flexibility index (Phi) is 25.9. The second kappa shape index (κ2) is 33.8. The highest BCUT2D eigenvalue weighted by Gasteiger charge is 2.45. The van der Waals surface area contributed by atoms with Gasteiger partial charge in [-0.15, -0.1) is 0 Å². The molecule has 0 radical (unpaired) electrons. The van der Waals surface area contributed by atoms with Crippen molar-refractivity contribution in [3.63, 3.8) is 0 Å². The van der Waals surface area contributed by atoms with Crippen molar-refractivity contribution < 1.29 is 57.2 Å². The van der Waals surface area contributed by atoms with Crippen LogP contribution in [0.25, 0.3) is 4.85 Å². The standard InChI is InChI=1S/C23H25NO5.C22H23N3O3.C21H23NO3.C3H3NO2.H4N2/c1-28-20-11-7-6-10-17(20)21(26)24-15-23(16-8-4-3-5-9-16)13-12-19(25)18(14-23)22(27)29-2;1-28-19-10-6-5-9-16(19)20(26)23-14-22(15-7-3-2-4-8-15)12-11-18-17(13-22)21(27)25-24-18;1-25-19-10-6-5-9-18(19)20(24)22-15-21(13-11-17(23)12-14-21)16-7-3-2-4-8-16;1-4-3(5)6-2;1-2/h3-11,18H,12-15H2,1-2H3,(H,24,26);2-10H,11-14H2,1H3,(H,23,26)(H2,24,25,27);2-10H,11-15H2,1H3,(H,22,24);2H3;1-2H2. The number of fused-ring (bicyclic) bond motifs is 1. The van der Waals surface area contributed by atoms with E-state index in [2.05, 4.69) is 71.7 Å². The van der Waals surface area contributed by atoms with Crippen molar-refractivity contribution in [3.8, 4) is 17.2 Å². The number of para-hydroxylation sites is 3. The molecule has 3 aliphatic rings. The number of esters is 1. The third-order valence-electron chi connectivity index (χ3n) is 16.7. The third kappa shape index (κ3) is 17.5. The summed E-state index contributed by atoms with van der Waals surface area (Å²) in [5.41, 5.74) is 5.38. The Morgan fingerprint density at radius 2 is 0.878 bits per heavy atom. The zero-order valence-corrected chi connectivity index (χ0v) is 51.3. The summed E-state index contributed by atoms with van der Waals surface area (Å²) in [5.74, 6) is 7.86. The highest BCUT2D eigenvalue weighted by molar-refractivity contribution is 6.00. The van der Waals surface area contributed by atoms with Crippen LogP contribution in [-0.2, 0) is 52.9 Å². The Labute approximate surface area is 523 Å². The molecule has 0 bridgehead atoms. The maximum atomic E-state index is 12.8. The van der Waals surface area contributed by atoms with E-state index in [-0.39, 0.29) is 46.3 Å². The second-order valence-corrected chi connectivity index (χ2v) is 21.7. The summed E-state index contributed by atoms with van der Waals surface area (Å²) in [6, 6.07) is 51.4. The number of hydrogen-bond acceptors (Lipinski definition) is 15. The largest absolute Gasteiger partial charge is 0.561 e. The van der Waals surface area contributed by atoms with Crippen molar-refractivity contribution >= 4 is 41.4 Å². The van der Waals surface area contributed by atoms with Gasteiger partial charge in [0.2, 0.25) is 0 Å². The van der Waals surface area contributed by atoms with Gasteiger partial charge in [-0.05, 0) is 98.0 Å². The molecule has 1 aromatic heterocycles. The van der Waals surface area contributed by atoms with Crippen LogP contribution in [0.3, 0.4) is 0 Å². The first-order valence-electron chi connectivity index (χ1n) is 29.2. The Balaban J connectivity index is 0.000000203. The summed E-state index contributed by atoms with van der Waals surface area (Å²) in [6.07, 6.45) is 5.09. The molecule has 90 heavy (non-hydrogen) atoms. The molecule has 2 fully saturated rings. The predicted octanol–water partition coefficient (Wildman–Crippen LogP) is 8.47. The molecule has 7 aromatic rings. The van der Waals surface area contributed by atoms with E-state index in [0.717, 1.165) is 48.1 Å². The quantitative estimate of drug-likeness (QED) is 0.0157. The average Bonchev–Trinajstić information content (AvgIpc) is 1.36. The van der Waals surface area contributed by atoms with Crippen LogP contribution >= 0.6 is 0 Å². The third-order valence-corrected chi connectivity index (χ3v) is 16.7. The molecule has 3 atom stereocenters. The maximum Gasteiger partial charge on any atom is 0.561 e. The van der Waals surface area contributed by atoms with Gasteiger partial charge in [0.15, 0.2) is 0 Å². The number of benzene rings is 6. The fraction of sp³-hybridized carbons (Fsp3) is 0.319. The number of nitrogens with two attached hydrogens (primary N) is 2. The van der Waals surface area contributed by atoms with Crippen molar-refractivity contribution in [1.82, 2.24) is 26.1 Å². The first-order valence-corrected chi connectivity index (χ1v) is 29.2. The normalized spacial score (nSPS) is 17.6. The minimum absolute atomic E-state index is 0.0777. The number of aryl methyl sites for hydroxylation is 1. The van der Waals surface area contributed by atoms with Crippen LogP contribution in [0.15, 0.2) is 169 Å². The van der Waals surface area contributed by atoms with Crippen LogP contribution in [0.4, 0.5) is 4.79 Å². The van der Waals surface area contributed by atoms with E-state index in [4.69, 9.17) is 25.5 Å². The Hall–Kier alpha value is -10.2. The van der Waals surface area contributed by atoms with E-state index in [1.54, 1.807) is 62.8 Å². The zero-order valence-electron chi connectivity index (χ0n) is 51.3. The molecular formula is C69H78N8O13. The predicted molar refractivity (Wildman–Crippen MR) is 339 cm³/mol. The summed E-state index contributed by atoms with van der Waals surface area (Å²) >= 11 is 0. The smallest absolute Gasteiger partial charge is 0.496 e. The fourth-order valence-corrected chi connectivity index (χ4v) is 11.7. The molecule has 0 saturated heterocycles. The van der Waals surface area contributed by atoms with Gasteiger partial charge in [-0.1, -0.05) is 127 Å². The number of Topliss-reactive ketones (excluding diaryl/α,β-unsaturated/α-hetero) is 2. The van der Waals surface area contributed by atoms with E-state index >= 15 is 0 Å². The molecule has 9 N–H and O–H groups in total. The van der Waals surface area contributed by atoms with Crippen LogP contribution in [0.5, 0.6) is 17.2 Å². The lowest BCUT2D eigenvalue weighted by molar-refractivity contribution is -0.151. The summed E-state index contributed by atoms with van der Waals surface area (Å²) in [4.78, 5) is 98.8. The number of ketones is 2. The number of ether oxygens (including phenoxy) is 5. The lowest BCUT2D eigenvalue weighted by Gasteiger charge is -2.40. The molecule has 0 spiro atoms. The van der Waals surface area contributed by atoms with Crippen molar-refractivity contribution in [2.45, 2.75) is 80.5 Å². The molecule has 3 unspecified atom stereocenters. The number of carbonyl (C=O) groups is 7. The van der Waals surface area contributed by atoms with Gasteiger partial charge >= 0.3 is 12.1 Å². The summed E-state index contributed by atoms with van der Waals surface area (Å²) in [7, 11) is 7.09. The van der Waals surface area contributed by atoms with Gasteiger partial charge < -0.3 is 44.7 Å². The Morgan fingerprint density at radius 1 is 0.500 bits per heavy atom. The Bertz CT molecular complexity index is 3630. The monoisotopic (exact) mass is 1230 g/mol. The topological polar surface area (TPSA) is 307 Å². The highest BCUT2D eigenvalue weighted by Crippen LogP contribution is 2.42. The van der Waals surface area contributed by atoms with Gasteiger partial charge in [0, 0.05) is 66.4 Å². The average molecular weight is 1230 g/mol. The van der Waals surface area contributed by atoms with Crippen LogP contribution < -0.4 is 47.4 Å². The number of hydrazine groups is 1. The van der Waals surface area contributed by atoms with Crippen LogP contribution in [0.1, 0.15) is 110 Å². The number of carbonyl (C=O) groups excluding carboxylic acids is 7. The Morgan fingerprint density at radius 3 is 1.29 bits per heavy atom. The number of methoxy groups -OCH3 is 5. The SMILES string of the molecule is COC(=O)C1CC(CNC(=O)c2ccccc2OC)(c2ccccc2)CCC1=O.COc1ccccc1C(=O)NCC1(c2ccccc2)CCC(=O)CC1.COc1ccccc1C(=O)NCC1(c2ccccc2)CCc2[nH][nH]c(=O)c2C1.NN.[C-]#[N+]C(=O)OC. The lowest BCUT2D eigenvalue weighted by Crippen LogP contribution is -2.48. The number of amides is 4. The minimum atomic E-state index is -0.866. The number of aromatic amines is 2. The maximum absolute atomic E-state index is 12.8. The molecule has 21 nitrogen and oxygen atoms in total. The fourth-order valence-electron chi connectivity index (χ4n) is 11.7. The van der Waals surface area contributed by atoms with E-state index < -0.39 is 23.4 Å². The van der Waals surface area contributed by atoms with Gasteiger partial charge in [0.1, 0.15) is 41.3 Å². The number of rotatable bonds is 16. The van der Waals surface area contributed by atoms with Crippen molar-refractivity contribution in [3.05, 3.63) is 230 Å². The molecule has 1 heterocycles. The summed E-state index contributed by atoms with van der Waals surface area (Å²) < 4.78 is 24.6. The van der Waals surface area contributed by atoms with Gasteiger partial charge in [-0.2, -0.15) is 4.85 Å². The first kappa shape index (κ1) is 68.9. The number of H-pyrrole nitrogens is 2. The molecular weight excluding hydrogens is 1150 g/mol.